The Morgan fingerprint density at radius 2 is 1.42 bits per heavy atom. The molecule has 19 heavy (non-hydrogen) atoms. The molecule has 0 radical (unpaired) electrons. The van der Waals surface area contributed by atoms with Crippen molar-refractivity contribution in [2.45, 2.75) is 71.6 Å². The number of unbranched alkanes of at least 4 members (excludes halogenated alkanes) is 4. The highest BCUT2D eigenvalue weighted by atomic mass is 16.2. The Bertz CT molecular complexity index is 269. The van der Waals surface area contributed by atoms with Crippen molar-refractivity contribution >= 4 is 5.91 Å². The van der Waals surface area contributed by atoms with Crippen molar-refractivity contribution in [1.29, 1.82) is 0 Å². The van der Waals surface area contributed by atoms with Gasteiger partial charge < -0.3 is 4.90 Å². The topological polar surface area (TPSA) is 20.3 Å². The molecule has 2 aliphatic carbocycles. The SMILES string of the molecule is CCCCCN(CCCCC)C(=O)C1CC2CC2C1. The van der Waals surface area contributed by atoms with E-state index in [4.69, 9.17) is 0 Å². The fourth-order valence-corrected chi connectivity index (χ4v) is 3.61. The molecular weight excluding hydrogens is 234 g/mol. The molecule has 2 aliphatic rings. The van der Waals surface area contributed by atoms with E-state index in [2.05, 4.69) is 18.7 Å². The third kappa shape index (κ3) is 4.22. The van der Waals surface area contributed by atoms with Gasteiger partial charge in [0.1, 0.15) is 0 Å². The lowest BCUT2D eigenvalue weighted by Crippen LogP contribution is -2.37. The highest BCUT2D eigenvalue weighted by Crippen LogP contribution is 2.54. The molecular formula is C17H31NO. The van der Waals surface area contributed by atoms with Crippen LogP contribution in [0.15, 0.2) is 0 Å². The molecule has 0 bridgehead atoms. The molecule has 2 nitrogen and oxygen atoms in total. The lowest BCUT2D eigenvalue weighted by Gasteiger charge is -2.26. The van der Waals surface area contributed by atoms with Crippen LogP contribution in [0.3, 0.4) is 0 Å². The van der Waals surface area contributed by atoms with Crippen molar-refractivity contribution in [2.75, 3.05) is 13.1 Å². The zero-order chi connectivity index (χ0) is 13.7. The monoisotopic (exact) mass is 265 g/mol. The molecule has 2 atom stereocenters. The van der Waals surface area contributed by atoms with E-state index in [1.165, 1.54) is 57.8 Å². The lowest BCUT2D eigenvalue weighted by molar-refractivity contribution is -0.135. The minimum absolute atomic E-state index is 0.381. The average Bonchev–Trinajstić information content (AvgIpc) is 3.03. The molecule has 0 spiro atoms. The van der Waals surface area contributed by atoms with Gasteiger partial charge in [-0.15, -0.1) is 0 Å². The van der Waals surface area contributed by atoms with Crippen molar-refractivity contribution in [1.82, 2.24) is 4.90 Å². The lowest BCUT2D eigenvalue weighted by atomic mass is 10.0. The van der Waals surface area contributed by atoms with Crippen molar-refractivity contribution in [3.63, 3.8) is 0 Å². The zero-order valence-electron chi connectivity index (χ0n) is 12.9. The molecule has 2 heteroatoms. The summed E-state index contributed by atoms with van der Waals surface area (Å²) in [6, 6.07) is 0. The third-order valence-electron chi connectivity index (χ3n) is 4.97. The molecule has 0 aliphatic heterocycles. The van der Waals surface area contributed by atoms with Gasteiger partial charge in [0.25, 0.3) is 0 Å². The Kier molecular flexibility index (Phi) is 5.72. The summed E-state index contributed by atoms with van der Waals surface area (Å²) in [5, 5.41) is 0. The van der Waals surface area contributed by atoms with E-state index >= 15 is 0 Å². The summed E-state index contributed by atoms with van der Waals surface area (Å²) in [4.78, 5) is 14.8. The molecule has 0 aromatic carbocycles. The minimum Gasteiger partial charge on any atom is -0.342 e. The molecule has 2 fully saturated rings. The quantitative estimate of drug-likeness (QED) is 0.571. The van der Waals surface area contributed by atoms with Crippen molar-refractivity contribution in [3.05, 3.63) is 0 Å². The second-order valence-electron chi connectivity index (χ2n) is 6.66. The van der Waals surface area contributed by atoms with Gasteiger partial charge in [-0.3, -0.25) is 4.79 Å². The fourth-order valence-electron chi connectivity index (χ4n) is 3.61. The summed E-state index contributed by atoms with van der Waals surface area (Å²) in [6.07, 6.45) is 11.2. The number of amides is 1. The van der Waals surface area contributed by atoms with Gasteiger partial charge in [-0.25, -0.2) is 0 Å². The van der Waals surface area contributed by atoms with E-state index in [1.807, 2.05) is 0 Å². The first-order chi connectivity index (χ1) is 9.26. The molecule has 0 saturated heterocycles. The number of nitrogens with zero attached hydrogens (tertiary/aromatic N) is 1. The van der Waals surface area contributed by atoms with Crippen LogP contribution >= 0.6 is 0 Å². The maximum absolute atomic E-state index is 12.6. The summed E-state index contributed by atoms with van der Waals surface area (Å²) < 4.78 is 0. The van der Waals surface area contributed by atoms with Gasteiger partial charge in [0.05, 0.1) is 0 Å². The summed E-state index contributed by atoms with van der Waals surface area (Å²) in [5.41, 5.74) is 0. The van der Waals surface area contributed by atoms with Gasteiger partial charge in [0.2, 0.25) is 5.91 Å². The summed E-state index contributed by atoms with van der Waals surface area (Å²) in [6.45, 7) is 6.46. The summed E-state index contributed by atoms with van der Waals surface area (Å²) in [7, 11) is 0. The second-order valence-corrected chi connectivity index (χ2v) is 6.66. The Morgan fingerprint density at radius 3 is 1.89 bits per heavy atom. The van der Waals surface area contributed by atoms with Crippen LogP contribution in [-0.2, 0) is 4.79 Å². The van der Waals surface area contributed by atoms with Crippen molar-refractivity contribution < 1.29 is 4.79 Å². The van der Waals surface area contributed by atoms with Crippen LogP contribution in [0, 0.1) is 17.8 Å². The number of carbonyl (C=O) groups is 1. The van der Waals surface area contributed by atoms with Crippen molar-refractivity contribution in [2.24, 2.45) is 17.8 Å². The Labute approximate surface area is 118 Å². The summed E-state index contributed by atoms with van der Waals surface area (Å²) >= 11 is 0. The number of fused-ring (bicyclic) bond motifs is 1. The second kappa shape index (κ2) is 7.31. The largest absolute Gasteiger partial charge is 0.342 e. The number of hydrogen-bond donors (Lipinski definition) is 0. The predicted molar refractivity (Wildman–Crippen MR) is 80.0 cm³/mol. The van der Waals surface area contributed by atoms with Crippen LogP contribution in [0.1, 0.15) is 71.6 Å². The van der Waals surface area contributed by atoms with E-state index in [1.54, 1.807) is 0 Å². The van der Waals surface area contributed by atoms with E-state index in [-0.39, 0.29) is 0 Å². The van der Waals surface area contributed by atoms with Gasteiger partial charge in [0.15, 0.2) is 0 Å². The first kappa shape index (κ1) is 14.9. The van der Waals surface area contributed by atoms with Crippen LogP contribution in [0.4, 0.5) is 0 Å². The number of rotatable bonds is 9. The predicted octanol–water partition coefficient (Wildman–Crippen LogP) is 4.24. The molecule has 0 aromatic heterocycles. The molecule has 0 heterocycles. The molecule has 0 N–H and O–H groups in total. The molecule has 2 saturated carbocycles. The fraction of sp³-hybridized carbons (Fsp3) is 0.941. The third-order valence-corrected chi connectivity index (χ3v) is 4.97. The highest BCUT2D eigenvalue weighted by Gasteiger charge is 2.48. The van der Waals surface area contributed by atoms with Gasteiger partial charge in [-0.1, -0.05) is 39.5 Å². The van der Waals surface area contributed by atoms with Crippen LogP contribution in [-0.4, -0.2) is 23.9 Å². The van der Waals surface area contributed by atoms with Crippen molar-refractivity contribution in [3.8, 4) is 0 Å². The van der Waals surface area contributed by atoms with Crippen LogP contribution in [0.25, 0.3) is 0 Å². The normalized spacial score (nSPS) is 28.2. The maximum Gasteiger partial charge on any atom is 0.225 e. The first-order valence-corrected chi connectivity index (χ1v) is 8.55. The van der Waals surface area contributed by atoms with Gasteiger partial charge in [-0.05, 0) is 43.9 Å². The first-order valence-electron chi connectivity index (χ1n) is 8.55. The Balaban J connectivity index is 1.77. The van der Waals surface area contributed by atoms with E-state index in [0.29, 0.717) is 11.8 Å². The number of hydrogen-bond acceptors (Lipinski definition) is 1. The smallest absolute Gasteiger partial charge is 0.225 e. The summed E-state index contributed by atoms with van der Waals surface area (Å²) in [5.74, 6) is 2.70. The van der Waals surface area contributed by atoms with E-state index in [9.17, 15) is 4.79 Å². The van der Waals surface area contributed by atoms with Crippen LogP contribution in [0.5, 0.6) is 0 Å². The average molecular weight is 265 g/mol. The molecule has 1 amide bonds. The van der Waals surface area contributed by atoms with Crippen LogP contribution in [0.2, 0.25) is 0 Å². The Morgan fingerprint density at radius 1 is 0.895 bits per heavy atom. The standard InChI is InChI=1S/C17H31NO/c1-3-5-7-9-18(10-8-6-4-2)17(19)16-12-14-11-15(14)13-16/h14-16H,3-13H2,1-2H3. The highest BCUT2D eigenvalue weighted by molar-refractivity contribution is 5.79. The van der Waals surface area contributed by atoms with Gasteiger partial charge in [-0.2, -0.15) is 0 Å². The van der Waals surface area contributed by atoms with E-state index in [0.717, 1.165) is 24.9 Å². The van der Waals surface area contributed by atoms with E-state index < -0.39 is 0 Å². The zero-order valence-corrected chi connectivity index (χ0v) is 12.9. The Hall–Kier alpha value is -0.530. The molecule has 2 rings (SSSR count). The van der Waals surface area contributed by atoms with Gasteiger partial charge in [0, 0.05) is 19.0 Å². The van der Waals surface area contributed by atoms with Crippen LogP contribution < -0.4 is 0 Å². The molecule has 2 unspecified atom stereocenters. The molecule has 110 valence electrons. The minimum atomic E-state index is 0.381. The maximum atomic E-state index is 12.6. The number of carbonyl (C=O) groups excluding carboxylic acids is 1. The molecule has 0 aromatic rings. The van der Waals surface area contributed by atoms with Gasteiger partial charge >= 0.3 is 0 Å².